The molecule has 0 amide bonds. The van der Waals surface area contributed by atoms with Gasteiger partial charge in [-0.25, -0.2) is 0 Å². The third-order valence-corrected chi connectivity index (χ3v) is 4.26. The van der Waals surface area contributed by atoms with Crippen LogP contribution in [0.5, 0.6) is 0 Å². The number of rotatable bonds is 2. The molecule has 0 fully saturated rings. The van der Waals surface area contributed by atoms with Crippen LogP contribution >= 0.6 is 58.0 Å². The standard InChI is InChI=1S/C13H7Cl5/c14-6-7-2-1-3-8(15)11(7)12-9(16)4-5-10(17)13(12)18/h1-5H,6H2. The van der Waals surface area contributed by atoms with Gasteiger partial charge in [-0.1, -0.05) is 58.5 Å². The van der Waals surface area contributed by atoms with Crippen molar-refractivity contribution in [2.45, 2.75) is 5.88 Å². The zero-order valence-corrected chi connectivity index (χ0v) is 12.8. The van der Waals surface area contributed by atoms with Crippen molar-refractivity contribution in [3.05, 3.63) is 56.0 Å². The Morgan fingerprint density at radius 3 is 2.00 bits per heavy atom. The molecule has 0 aliphatic carbocycles. The Balaban J connectivity index is 2.81. The van der Waals surface area contributed by atoms with Crippen LogP contribution in [0.3, 0.4) is 0 Å². The van der Waals surface area contributed by atoms with Crippen LogP contribution in [0, 0.1) is 0 Å². The molecule has 94 valence electrons. The van der Waals surface area contributed by atoms with E-state index in [-0.39, 0.29) is 0 Å². The number of hydrogen-bond acceptors (Lipinski definition) is 0. The SMILES string of the molecule is ClCc1cccc(Cl)c1-c1c(Cl)ccc(Cl)c1Cl. The molecule has 0 nitrogen and oxygen atoms in total. The summed E-state index contributed by atoms with van der Waals surface area (Å²) in [7, 11) is 0. The second-order valence-corrected chi connectivity index (χ2v) is 5.49. The van der Waals surface area contributed by atoms with E-state index in [0.29, 0.717) is 31.5 Å². The predicted molar refractivity (Wildman–Crippen MR) is 81.5 cm³/mol. The Bertz CT molecular complexity index is 592. The van der Waals surface area contributed by atoms with Crippen LogP contribution in [0.4, 0.5) is 0 Å². The lowest BCUT2D eigenvalue weighted by molar-refractivity contribution is 1.40. The van der Waals surface area contributed by atoms with Crippen LogP contribution in [0.25, 0.3) is 11.1 Å². The number of alkyl halides is 1. The van der Waals surface area contributed by atoms with E-state index in [1.54, 1.807) is 18.2 Å². The Kier molecular flexibility index (Phi) is 4.69. The van der Waals surface area contributed by atoms with E-state index in [4.69, 9.17) is 58.0 Å². The number of benzene rings is 2. The summed E-state index contributed by atoms with van der Waals surface area (Å²) in [4.78, 5) is 0. The predicted octanol–water partition coefficient (Wildman–Crippen LogP) is 6.71. The fourth-order valence-electron chi connectivity index (χ4n) is 1.72. The maximum atomic E-state index is 6.22. The summed E-state index contributed by atoms with van der Waals surface area (Å²) in [5.41, 5.74) is 2.20. The van der Waals surface area contributed by atoms with E-state index < -0.39 is 0 Å². The lowest BCUT2D eigenvalue weighted by Crippen LogP contribution is -1.90. The molecule has 0 radical (unpaired) electrons. The van der Waals surface area contributed by atoms with Gasteiger partial charge in [-0.15, -0.1) is 11.6 Å². The molecule has 0 bridgehead atoms. The Morgan fingerprint density at radius 1 is 0.722 bits per heavy atom. The van der Waals surface area contributed by atoms with Crippen LogP contribution in [-0.2, 0) is 5.88 Å². The van der Waals surface area contributed by atoms with Gasteiger partial charge in [0.05, 0.1) is 15.1 Å². The summed E-state index contributed by atoms with van der Waals surface area (Å²) >= 11 is 30.6. The van der Waals surface area contributed by atoms with E-state index in [0.717, 1.165) is 11.1 Å². The van der Waals surface area contributed by atoms with Gasteiger partial charge in [-0.3, -0.25) is 0 Å². The molecule has 0 unspecified atom stereocenters. The minimum absolute atomic E-state index is 0.315. The van der Waals surface area contributed by atoms with Crippen LogP contribution in [-0.4, -0.2) is 0 Å². The highest BCUT2D eigenvalue weighted by molar-refractivity contribution is 6.47. The van der Waals surface area contributed by atoms with Gasteiger partial charge in [-0.2, -0.15) is 0 Å². The molecule has 0 atom stereocenters. The summed E-state index contributed by atoms with van der Waals surface area (Å²) in [6.07, 6.45) is 0. The highest BCUT2D eigenvalue weighted by atomic mass is 35.5. The maximum Gasteiger partial charge on any atom is 0.0686 e. The second-order valence-electron chi connectivity index (χ2n) is 3.63. The molecular formula is C13H7Cl5. The number of hydrogen-bond donors (Lipinski definition) is 0. The van der Waals surface area contributed by atoms with Crippen molar-refractivity contribution in [2.24, 2.45) is 0 Å². The van der Waals surface area contributed by atoms with Gasteiger partial charge in [0.25, 0.3) is 0 Å². The highest BCUT2D eigenvalue weighted by Gasteiger charge is 2.17. The van der Waals surface area contributed by atoms with Crippen molar-refractivity contribution in [2.75, 3.05) is 0 Å². The summed E-state index contributed by atoms with van der Waals surface area (Å²) < 4.78 is 0. The van der Waals surface area contributed by atoms with Crippen molar-refractivity contribution in [3.8, 4) is 11.1 Å². The molecule has 0 aromatic heterocycles. The maximum absolute atomic E-state index is 6.22. The van der Waals surface area contributed by atoms with Crippen molar-refractivity contribution in [3.63, 3.8) is 0 Å². The van der Waals surface area contributed by atoms with E-state index in [9.17, 15) is 0 Å². The van der Waals surface area contributed by atoms with Gasteiger partial charge in [0.2, 0.25) is 0 Å². The van der Waals surface area contributed by atoms with Crippen LogP contribution in [0.15, 0.2) is 30.3 Å². The first-order valence-electron chi connectivity index (χ1n) is 5.03. The molecule has 0 saturated heterocycles. The van der Waals surface area contributed by atoms with Gasteiger partial charge < -0.3 is 0 Å². The van der Waals surface area contributed by atoms with E-state index in [1.807, 2.05) is 12.1 Å². The Hall–Kier alpha value is -0.110. The van der Waals surface area contributed by atoms with E-state index in [2.05, 4.69) is 0 Å². The highest BCUT2D eigenvalue weighted by Crippen LogP contribution is 2.43. The quantitative estimate of drug-likeness (QED) is 0.421. The molecule has 5 heteroatoms. The smallest absolute Gasteiger partial charge is 0.0686 e. The van der Waals surface area contributed by atoms with Gasteiger partial charge in [0.15, 0.2) is 0 Å². The minimum atomic E-state index is 0.315. The molecule has 0 aliphatic heterocycles. The van der Waals surface area contributed by atoms with Gasteiger partial charge >= 0.3 is 0 Å². The fourth-order valence-corrected chi connectivity index (χ4v) is 2.94. The van der Waals surface area contributed by atoms with Crippen LogP contribution in [0.2, 0.25) is 20.1 Å². The molecule has 0 spiro atoms. The monoisotopic (exact) mass is 338 g/mol. The largest absolute Gasteiger partial charge is 0.122 e. The molecule has 0 saturated carbocycles. The number of halogens is 5. The summed E-state index contributed by atoms with van der Waals surface area (Å²) in [5.74, 6) is 0.315. The Morgan fingerprint density at radius 2 is 1.33 bits per heavy atom. The minimum Gasteiger partial charge on any atom is -0.122 e. The first kappa shape index (κ1) is 14.3. The van der Waals surface area contributed by atoms with Gasteiger partial charge in [0, 0.05) is 22.0 Å². The summed E-state index contributed by atoms with van der Waals surface area (Å²) in [5, 5.41) is 1.84. The zero-order chi connectivity index (χ0) is 13.3. The van der Waals surface area contributed by atoms with Gasteiger partial charge in [-0.05, 0) is 23.8 Å². The van der Waals surface area contributed by atoms with Crippen molar-refractivity contribution in [1.29, 1.82) is 0 Å². The molecule has 0 aliphatic rings. The molecule has 2 aromatic carbocycles. The molecule has 0 N–H and O–H groups in total. The van der Waals surface area contributed by atoms with Crippen LogP contribution in [0.1, 0.15) is 5.56 Å². The molecule has 2 aromatic rings. The summed E-state index contributed by atoms with van der Waals surface area (Å²) in [6.45, 7) is 0. The molecule has 0 heterocycles. The zero-order valence-electron chi connectivity index (χ0n) is 8.98. The summed E-state index contributed by atoms with van der Waals surface area (Å²) in [6, 6.07) is 8.80. The van der Waals surface area contributed by atoms with Gasteiger partial charge in [0.1, 0.15) is 0 Å². The van der Waals surface area contributed by atoms with Crippen LogP contribution < -0.4 is 0 Å². The van der Waals surface area contributed by atoms with E-state index in [1.165, 1.54) is 0 Å². The topological polar surface area (TPSA) is 0 Å². The van der Waals surface area contributed by atoms with Crippen molar-refractivity contribution < 1.29 is 0 Å². The molecule has 18 heavy (non-hydrogen) atoms. The molecular weight excluding hydrogens is 333 g/mol. The van der Waals surface area contributed by atoms with Crippen molar-refractivity contribution >= 4 is 58.0 Å². The average Bonchev–Trinajstić information content (AvgIpc) is 2.36. The molecule has 2 rings (SSSR count). The lowest BCUT2D eigenvalue weighted by atomic mass is 10.0. The van der Waals surface area contributed by atoms with Crippen molar-refractivity contribution in [1.82, 2.24) is 0 Å². The third-order valence-electron chi connectivity index (χ3n) is 2.54. The first-order chi connectivity index (χ1) is 8.56. The second kappa shape index (κ2) is 5.90. The van der Waals surface area contributed by atoms with E-state index >= 15 is 0 Å². The lowest BCUT2D eigenvalue weighted by Gasteiger charge is -2.14. The Labute approximate surface area is 130 Å². The normalized spacial score (nSPS) is 10.7. The fraction of sp³-hybridized carbons (Fsp3) is 0.0769. The third kappa shape index (κ3) is 2.59. The first-order valence-corrected chi connectivity index (χ1v) is 7.08. The average molecular weight is 340 g/mol.